The van der Waals surface area contributed by atoms with Crippen LogP contribution in [0.4, 0.5) is 22.9 Å². The summed E-state index contributed by atoms with van der Waals surface area (Å²) in [4.78, 5) is 34.9. The normalized spacial score (nSPS) is 14.1. The molecule has 0 aliphatic carbocycles. The summed E-state index contributed by atoms with van der Waals surface area (Å²) in [6.45, 7) is 6.53. The molecule has 10 heteroatoms. The Morgan fingerprint density at radius 1 is 1.02 bits per heavy atom. The highest BCUT2D eigenvalue weighted by Gasteiger charge is 2.32. The summed E-state index contributed by atoms with van der Waals surface area (Å²) < 4.78 is 13.2. The van der Waals surface area contributed by atoms with E-state index in [1.165, 1.54) is 9.47 Å². The standard InChI is InChI=1S/C32H35N5O4S/c1-22-26(11-8-12-28(22)37(32(2,3)40)30(38)23-9-6-5-7-10-23)27-21-35(4)31(39)29(34-27)33-24-13-15-25(16-14-24)36-17-19-42(41)20-18-36/h5-16,21,40H,17-20H2,1-4H3,(H,33,34). The van der Waals surface area contributed by atoms with Crippen molar-refractivity contribution in [1.29, 1.82) is 0 Å². The van der Waals surface area contributed by atoms with Crippen LogP contribution in [-0.2, 0) is 18.2 Å². The fraction of sp³-hybridized carbons (Fsp3) is 0.281. The van der Waals surface area contributed by atoms with Gasteiger partial charge in [-0.15, -0.1) is 0 Å². The summed E-state index contributed by atoms with van der Waals surface area (Å²) in [7, 11) is 1.67. The molecule has 5 rings (SSSR count). The molecule has 0 bridgehead atoms. The Morgan fingerprint density at radius 2 is 1.69 bits per heavy atom. The van der Waals surface area contributed by atoms with E-state index in [2.05, 4.69) is 10.2 Å². The molecule has 1 fully saturated rings. The van der Waals surface area contributed by atoms with E-state index in [4.69, 9.17) is 4.98 Å². The van der Waals surface area contributed by atoms with Crippen molar-refractivity contribution in [3.05, 3.63) is 100 Å². The molecule has 0 spiro atoms. The maximum Gasteiger partial charge on any atom is 0.293 e. The molecule has 3 aromatic carbocycles. The predicted molar refractivity (Wildman–Crippen MR) is 169 cm³/mol. The highest BCUT2D eigenvalue weighted by Crippen LogP contribution is 2.34. The molecule has 2 N–H and O–H groups in total. The van der Waals surface area contributed by atoms with Crippen molar-refractivity contribution in [2.45, 2.75) is 26.5 Å². The maximum atomic E-state index is 13.6. The number of hydrogen-bond donors (Lipinski definition) is 2. The molecule has 1 aliphatic rings. The molecule has 0 saturated carbocycles. The minimum Gasteiger partial charge on any atom is -0.616 e. The van der Waals surface area contributed by atoms with E-state index in [9.17, 15) is 19.2 Å². The SMILES string of the molecule is Cc1c(-c2cn(C)c(=O)c(Nc3ccc(N4CC[S+]([O-])CC4)cc3)n2)cccc1N(C(=O)c1ccccc1)C(C)(C)O. The summed E-state index contributed by atoms with van der Waals surface area (Å²) in [5.41, 5.74) is 2.97. The molecule has 4 aromatic rings. The van der Waals surface area contributed by atoms with Gasteiger partial charge in [-0.05, 0) is 68.8 Å². The van der Waals surface area contributed by atoms with Crippen LogP contribution in [0.25, 0.3) is 11.3 Å². The fourth-order valence-corrected chi connectivity index (χ4v) is 6.16. The first-order chi connectivity index (χ1) is 20.0. The largest absolute Gasteiger partial charge is 0.616 e. The first-order valence-corrected chi connectivity index (χ1v) is 15.3. The van der Waals surface area contributed by atoms with Crippen LogP contribution < -0.4 is 20.7 Å². The molecule has 1 saturated heterocycles. The summed E-state index contributed by atoms with van der Waals surface area (Å²) in [5, 5.41) is 14.2. The lowest BCUT2D eigenvalue weighted by atomic mass is 10.0. The van der Waals surface area contributed by atoms with Crippen molar-refractivity contribution in [2.75, 3.05) is 39.7 Å². The lowest BCUT2D eigenvalue weighted by Crippen LogP contribution is -2.48. The maximum absolute atomic E-state index is 13.6. The van der Waals surface area contributed by atoms with Gasteiger partial charge in [-0.25, -0.2) is 4.98 Å². The summed E-state index contributed by atoms with van der Waals surface area (Å²) in [6.07, 6.45) is 1.66. The van der Waals surface area contributed by atoms with E-state index in [1.54, 1.807) is 57.4 Å². The highest BCUT2D eigenvalue weighted by molar-refractivity contribution is 7.91. The van der Waals surface area contributed by atoms with Gasteiger partial charge in [0.25, 0.3) is 11.5 Å². The van der Waals surface area contributed by atoms with E-state index < -0.39 is 16.9 Å². The number of aryl methyl sites for hydroxylation is 1. The van der Waals surface area contributed by atoms with E-state index in [1.807, 2.05) is 49.4 Å². The van der Waals surface area contributed by atoms with Gasteiger partial charge >= 0.3 is 0 Å². The zero-order chi connectivity index (χ0) is 30.0. The monoisotopic (exact) mass is 585 g/mol. The van der Waals surface area contributed by atoms with E-state index >= 15 is 0 Å². The predicted octanol–water partition coefficient (Wildman–Crippen LogP) is 4.44. The molecular weight excluding hydrogens is 550 g/mol. The smallest absolute Gasteiger partial charge is 0.293 e. The van der Waals surface area contributed by atoms with E-state index in [-0.39, 0.29) is 17.3 Å². The first kappa shape index (κ1) is 29.4. The summed E-state index contributed by atoms with van der Waals surface area (Å²) in [6, 6.07) is 22.1. The van der Waals surface area contributed by atoms with Crippen LogP contribution in [0, 0.1) is 6.92 Å². The molecule has 1 amide bonds. The molecule has 0 unspecified atom stereocenters. The zero-order valence-electron chi connectivity index (χ0n) is 24.2. The van der Waals surface area contributed by atoms with Gasteiger partial charge in [-0.2, -0.15) is 0 Å². The second-order valence-electron chi connectivity index (χ2n) is 10.8. The van der Waals surface area contributed by atoms with Crippen molar-refractivity contribution in [1.82, 2.24) is 9.55 Å². The molecule has 42 heavy (non-hydrogen) atoms. The lowest BCUT2D eigenvalue weighted by Gasteiger charge is -2.35. The van der Waals surface area contributed by atoms with Crippen LogP contribution in [0.1, 0.15) is 29.8 Å². The fourth-order valence-electron chi connectivity index (χ4n) is 5.11. The quantitative estimate of drug-likeness (QED) is 0.243. The van der Waals surface area contributed by atoms with Crippen molar-refractivity contribution >= 4 is 40.0 Å². The number of carbonyl (C=O) groups excluding carboxylic acids is 1. The summed E-state index contributed by atoms with van der Waals surface area (Å²) >= 11 is -0.742. The Labute approximate surface area is 248 Å². The van der Waals surface area contributed by atoms with Crippen LogP contribution in [0.5, 0.6) is 0 Å². The van der Waals surface area contributed by atoms with E-state index in [0.29, 0.717) is 34.1 Å². The van der Waals surface area contributed by atoms with Gasteiger partial charge in [-0.3, -0.25) is 14.5 Å². The Bertz CT molecular complexity index is 1630. The lowest BCUT2D eigenvalue weighted by molar-refractivity contribution is 0.0604. The number of nitrogens with zero attached hydrogens (tertiary/aromatic N) is 4. The van der Waals surface area contributed by atoms with Gasteiger partial charge in [0, 0.05) is 35.7 Å². The second-order valence-corrected chi connectivity index (χ2v) is 12.5. The Balaban J connectivity index is 1.47. The van der Waals surface area contributed by atoms with Crippen LogP contribution in [-0.4, -0.2) is 55.4 Å². The van der Waals surface area contributed by atoms with Crippen molar-refractivity contribution in [2.24, 2.45) is 7.05 Å². The number of aromatic nitrogens is 2. The molecule has 0 atom stereocenters. The third-order valence-corrected chi connectivity index (χ3v) is 8.61. The van der Waals surface area contributed by atoms with Gasteiger partial charge in [0.05, 0.1) is 24.5 Å². The number of carbonyl (C=O) groups is 1. The van der Waals surface area contributed by atoms with Gasteiger partial charge < -0.3 is 24.4 Å². The number of amides is 1. The molecule has 9 nitrogen and oxygen atoms in total. The Hall–Kier alpha value is -4.12. The molecule has 1 aliphatic heterocycles. The second kappa shape index (κ2) is 12.0. The Kier molecular flexibility index (Phi) is 8.40. The summed E-state index contributed by atoms with van der Waals surface area (Å²) in [5.74, 6) is 1.17. The first-order valence-electron chi connectivity index (χ1n) is 13.8. The molecule has 218 valence electrons. The third-order valence-electron chi connectivity index (χ3n) is 7.34. The van der Waals surface area contributed by atoms with Crippen LogP contribution >= 0.6 is 0 Å². The average Bonchev–Trinajstić information content (AvgIpc) is 2.97. The van der Waals surface area contributed by atoms with Gasteiger partial charge in [0.1, 0.15) is 17.2 Å². The molecular formula is C32H35N5O4S. The van der Waals surface area contributed by atoms with Crippen LogP contribution in [0.3, 0.4) is 0 Å². The van der Waals surface area contributed by atoms with Gasteiger partial charge in [0.2, 0.25) is 0 Å². The number of nitrogens with one attached hydrogen (secondary N) is 1. The van der Waals surface area contributed by atoms with Crippen LogP contribution in [0.15, 0.2) is 83.8 Å². The van der Waals surface area contributed by atoms with E-state index in [0.717, 1.165) is 29.9 Å². The van der Waals surface area contributed by atoms with Crippen molar-refractivity contribution < 1.29 is 14.5 Å². The molecule has 2 heterocycles. The zero-order valence-corrected chi connectivity index (χ0v) is 25.0. The van der Waals surface area contributed by atoms with Crippen molar-refractivity contribution in [3.63, 3.8) is 0 Å². The topological polar surface area (TPSA) is 114 Å². The minimum atomic E-state index is -1.49. The van der Waals surface area contributed by atoms with Gasteiger partial charge in [0.15, 0.2) is 5.82 Å². The average molecular weight is 586 g/mol. The number of hydrogen-bond acceptors (Lipinski definition) is 7. The number of benzene rings is 3. The number of aliphatic hydroxyl groups is 1. The number of rotatable bonds is 7. The minimum absolute atomic E-state index is 0.167. The Morgan fingerprint density at radius 3 is 2.33 bits per heavy atom. The third kappa shape index (κ3) is 6.20. The highest BCUT2D eigenvalue weighted by atomic mass is 32.2. The van der Waals surface area contributed by atoms with Gasteiger partial charge in [-0.1, -0.05) is 41.5 Å². The molecule has 1 aromatic heterocycles. The van der Waals surface area contributed by atoms with Crippen LogP contribution in [0.2, 0.25) is 0 Å². The number of anilines is 4. The van der Waals surface area contributed by atoms with Crippen molar-refractivity contribution in [3.8, 4) is 11.3 Å². The molecule has 0 radical (unpaired) electrons.